The zero-order valence-electron chi connectivity index (χ0n) is 13.0. The van der Waals surface area contributed by atoms with Gasteiger partial charge in [-0.2, -0.15) is 0 Å². The second-order valence-electron chi connectivity index (χ2n) is 6.01. The minimum absolute atomic E-state index is 0.171. The lowest BCUT2D eigenvalue weighted by Crippen LogP contribution is -2.09. The number of anilines is 1. The molecule has 23 heavy (non-hydrogen) atoms. The second kappa shape index (κ2) is 6.10. The second-order valence-corrected chi connectivity index (χ2v) is 7.43. The predicted molar refractivity (Wildman–Crippen MR) is 97.5 cm³/mol. The van der Waals surface area contributed by atoms with Crippen LogP contribution in [0.15, 0.2) is 30.3 Å². The highest BCUT2D eigenvalue weighted by atomic mass is 35.5. The standard InChI is InChI=1S/C18H18ClN3S/c1-11(12-7-3-2-4-8-12)20-16-15-13-9-5-6-10-14(13)23-17(15)22-18(19)21-16/h2-4,7-8,11H,5-6,9-10H2,1H3,(H,20,21,22). The Balaban J connectivity index is 1.78. The fourth-order valence-electron chi connectivity index (χ4n) is 3.27. The summed E-state index contributed by atoms with van der Waals surface area (Å²) >= 11 is 7.94. The van der Waals surface area contributed by atoms with Crippen LogP contribution < -0.4 is 5.32 Å². The summed E-state index contributed by atoms with van der Waals surface area (Å²) in [5.41, 5.74) is 2.66. The molecule has 0 saturated heterocycles. The molecule has 0 radical (unpaired) electrons. The van der Waals surface area contributed by atoms with Crippen LogP contribution in [-0.2, 0) is 12.8 Å². The highest BCUT2D eigenvalue weighted by Gasteiger charge is 2.21. The molecule has 1 aliphatic carbocycles. The van der Waals surface area contributed by atoms with Crippen molar-refractivity contribution in [1.82, 2.24) is 9.97 Å². The summed E-state index contributed by atoms with van der Waals surface area (Å²) < 4.78 is 0. The van der Waals surface area contributed by atoms with E-state index in [1.54, 1.807) is 11.3 Å². The van der Waals surface area contributed by atoms with Crippen molar-refractivity contribution < 1.29 is 0 Å². The molecule has 0 amide bonds. The SMILES string of the molecule is CC(Nc1nc(Cl)nc2sc3c(c12)CCCC3)c1ccccc1. The maximum Gasteiger partial charge on any atom is 0.225 e. The van der Waals surface area contributed by atoms with Crippen LogP contribution in [0.5, 0.6) is 0 Å². The highest BCUT2D eigenvalue weighted by molar-refractivity contribution is 7.19. The summed E-state index contributed by atoms with van der Waals surface area (Å²) in [6.07, 6.45) is 4.79. The Morgan fingerprint density at radius 3 is 2.74 bits per heavy atom. The molecule has 3 aromatic rings. The smallest absolute Gasteiger partial charge is 0.225 e. The molecule has 1 aliphatic rings. The van der Waals surface area contributed by atoms with Crippen molar-refractivity contribution in [3.8, 4) is 0 Å². The molecule has 4 rings (SSSR count). The number of hydrogen-bond acceptors (Lipinski definition) is 4. The van der Waals surface area contributed by atoms with Crippen molar-refractivity contribution >= 4 is 39.0 Å². The number of fused-ring (bicyclic) bond motifs is 3. The Hall–Kier alpha value is -1.65. The Labute approximate surface area is 144 Å². The van der Waals surface area contributed by atoms with E-state index in [-0.39, 0.29) is 6.04 Å². The van der Waals surface area contributed by atoms with Gasteiger partial charge in [-0.05, 0) is 55.3 Å². The molecule has 1 atom stereocenters. The van der Waals surface area contributed by atoms with Gasteiger partial charge in [0, 0.05) is 10.9 Å². The lowest BCUT2D eigenvalue weighted by atomic mass is 9.97. The summed E-state index contributed by atoms with van der Waals surface area (Å²) in [6, 6.07) is 10.6. The van der Waals surface area contributed by atoms with Crippen molar-refractivity contribution in [3.05, 3.63) is 51.6 Å². The fraction of sp³-hybridized carbons (Fsp3) is 0.333. The van der Waals surface area contributed by atoms with Gasteiger partial charge in [0.15, 0.2) is 0 Å². The monoisotopic (exact) mass is 343 g/mol. The molecule has 0 aliphatic heterocycles. The van der Waals surface area contributed by atoms with Gasteiger partial charge in [-0.3, -0.25) is 0 Å². The van der Waals surface area contributed by atoms with Gasteiger partial charge in [-0.25, -0.2) is 9.97 Å². The third kappa shape index (κ3) is 2.81. The predicted octanol–water partition coefficient (Wildman–Crippen LogP) is 5.40. The number of aromatic nitrogens is 2. The first-order valence-electron chi connectivity index (χ1n) is 8.01. The quantitative estimate of drug-likeness (QED) is 0.647. The van der Waals surface area contributed by atoms with Crippen LogP contribution in [0.2, 0.25) is 5.28 Å². The van der Waals surface area contributed by atoms with Crippen LogP contribution in [0.25, 0.3) is 10.2 Å². The van der Waals surface area contributed by atoms with Gasteiger partial charge in [0.25, 0.3) is 0 Å². The Kier molecular flexibility index (Phi) is 3.95. The Morgan fingerprint density at radius 1 is 1.13 bits per heavy atom. The van der Waals surface area contributed by atoms with Crippen molar-refractivity contribution in [2.24, 2.45) is 0 Å². The molecule has 1 N–H and O–H groups in total. The van der Waals surface area contributed by atoms with Gasteiger partial charge in [-0.15, -0.1) is 11.3 Å². The van der Waals surface area contributed by atoms with Gasteiger partial charge in [0.05, 0.1) is 5.39 Å². The van der Waals surface area contributed by atoms with Crippen LogP contribution >= 0.6 is 22.9 Å². The van der Waals surface area contributed by atoms with E-state index in [0.29, 0.717) is 5.28 Å². The minimum Gasteiger partial charge on any atom is -0.363 e. The van der Waals surface area contributed by atoms with E-state index in [1.807, 2.05) is 6.07 Å². The zero-order chi connectivity index (χ0) is 15.8. The molecular weight excluding hydrogens is 326 g/mol. The van der Waals surface area contributed by atoms with Crippen molar-refractivity contribution in [2.75, 3.05) is 5.32 Å². The van der Waals surface area contributed by atoms with Crippen LogP contribution in [0, 0.1) is 0 Å². The number of rotatable bonds is 3. The number of benzene rings is 1. The zero-order valence-corrected chi connectivity index (χ0v) is 14.5. The number of nitrogens with one attached hydrogen (secondary N) is 1. The molecule has 118 valence electrons. The summed E-state index contributed by atoms with van der Waals surface area (Å²) in [6.45, 7) is 2.15. The van der Waals surface area contributed by atoms with E-state index in [9.17, 15) is 0 Å². The summed E-state index contributed by atoms with van der Waals surface area (Å²) in [5.74, 6) is 0.871. The average Bonchev–Trinajstić information content (AvgIpc) is 2.93. The summed E-state index contributed by atoms with van der Waals surface area (Å²) in [7, 11) is 0. The third-order valence-corrected chi connectivity index (χ3v) is 5.79. The first kappa shape index (κ1) is 14.9. The molecule has 1 unspecified atom stereocenters. The van der Waals surface area contributed by atoms with E-state index < -0.39 is 0 Å². The van der Waals surface area contributed by atoms with Crippen LogP contribution in [0.1, 0.15) is 41.8 Å². The van der Waals surface area contributed by atoms with Crippen molar-refractivity contribution in [1.29, 1.82) is 0 Å². The number of nitrogens with zero attached hydrogens (tertiary/aromatic N) is 2. The first-order chi connectivity index (χ1) is 11.2. The molecule has 1 aromatic carbocycles. The number of thiophene rings is 1. The first-order valence-corrected chi connectivity index (χ1v) is 9.21. The van der Waals surface area contributed by atoms with E-state index in [2.05, 4.69) is 46.5 Å². The highest BCUT2D eigenvalue weighted by Crippen LogP contribution is 2.39. The summed E-state index contributed by atoms with van der Waals surface area (Å²) in [4.78, 5) is 11.4. The van der Waals surface area contributed by atoms with E-state index in [0.717, 1.165) is 23.5 Å². The topological polar surface area (TPSA) is 37.8 Å². The molecule has 2 aromatic heterocycles. The number of aryl methyl sites for hydroxylation is 2. The molecule has 3 nitrogen and oxygen atoms in total. The molecule has 0 spiro atoms. The molecule has 0 bridgehead atoms. The van der Waals surface area contributed by atoms with Gasteiger partial charge in [0.1, 0.15) is 10.6 Å². The Bertz CT molecular complexity index is 844. The maximum absolute atomic E-state index is 6.16. The van der Waals surface area contributed by atoms with Crippen LogP contribution in [0.4, 0.5) is 5.82 Å². The maximum atomic E-state index is 6.16. The Morgan fingerprint density at radius 2 is 1.91 bits per heavy atom. The number of hydrogen-bond donors (Lipinski definition) is 1. The van der Waals surface area contributed by atoms with Crippen LogP contribution in [-0.4, -0.2) is 9.97 Å². The molecule has 5 heteroatoms. The van der Waals surface area contributed by atoms with Crippen LogP contribution in [0.3, 0.4) is 0 Å². The minimum atomic E-state index is 0.171. The normalized spacial score (nSPS) is 15.4. The molecule has 2 heterocycles. The fourth-order valence-corrected chi connectivity index (χ4v) is 4.75. The number of halogens is 1. The van der Waals surface area contributed by atoms with Gasteiger partial charge in [-0.1, -0.05) is 30.3 Å². The van der Waals surface area contributed by atoms with E-state index in [4.69, 9.17) is 11.6 Å². The van der Waals surface area contributed by atoms with E-state index >= 15 is 0 Å². The van der Waals surface area contributed by atoms with Gasteiger partial charge < -0.3 is 5.32 Å². The lowest BCUT2D eigenvalue weighted by molar-refractivity contribution is 0.700. The van der Waals surface area contributed by atoms with E-state index in [1.165, 1.54) is 34.2 Å². The molecular formula is C18H18ClN3S. The van der Waals surface area contributed by atoms with Gasteiger partial charge in [0.2, 0.25) is 5.28 Å². The lowest BCUT2D eigenvalue weighted by Gasteiger charge is -2.17. The van der Waals surface area contributed by atoms with Gasteiger partial charge >= 0.3 is 0 Å². The molecule has 0 saturated carbocycles. The largest absolute Gasteiger partial charge is 0.363 e. The van der Waals surface area contributed by atoms with Crippen molar-refractivity contribution in [3.63, 3.8) is 0 Å². The van der Waals surface area contributed by atoms with Crippen molar-refractivity contribution in [2.45, 2.75) is 38.6 Å². The molecule has 0 fully saturated rings. The average molecular weight is 344 g/mol. The third-order valence-electron chi connectivity index (χ3n) is 4.44. The summed E-state index contributed by atoms with van der Waals surface area (Å²) in [5, 5.41) is 5.05.